The van der Waals surface area contributed by atoms with E-state index in [9.17, 15) is 13.9 Å². The van der Waals surface area contributed by atoms with Gasteiger partial charge in [-0.3, -0.25) is 0 Å². The van der Waals surface area contributed by atoms with Gasteiger partial charge in [-0.1, -0.05) is 17.7 Å². The number of aliphatic hydroxyl groups is 1. The van der Waals surface area contributed by atoms with Crippen molar-refractivity contribution in [1.29, 1.82) is 0 Å². The van der Waals surface area contributed by atoms with Crippen molar-refractivity contribution in [3.63, 3.8) is 0 Å². The highest BCUT2D eigenvalue weighted by molar-refractivity contribution is 6.32. The van der Waals surface area contributed by atoms with Gasteiger partial charge in [-0.2, -0.15) is 8.78 Å². The number of β-amino-alcohol motifs (C(OH)–C–C–N with tert-alkyl or cyclic N) is 1. The maximum atomic E-state index is 12.1. The zero-order valence-electron chi connectivity index (χ0n) is 9.63. The summed E-state index contributed by atoms with van der Waals surface area (Å²) in [6, 6.07) is 4.59. The quantitative estimate of drug-likeness (QED) is 0.887. The summed E-state index contributed by atoms with van der Waals surface area (Å²) >= 11 is 5.85. The number of hydrogen-bond donors (Lipinski definition) is 2. The van der Waals surface area contributed by atoms with Crippen LogP contribution in [0.2, 0.25) is 5.02 Å². The molecule has 0 spiro atoms. The molecule has 1 aliphatic heterocycles. The second kappa shape index (κ2) is 5.38. The highest BCUT2D eigenvalue weighted by Crippen LogP contribution is 2.29. The molecule has 0 radical (unpaired) electrons. The minimum absolute atomic E-state index is 0.0491. The maximum Gasteiger partial charge on any atom is 0.387 e. The summed E-state index contributed by atoms with van der Waals surface area (Å²) in [7, 11) is 0. The summed E-state index contributed by atoms with van der Waals surface area (Å²) in [6.07, 6.45) is 1.11. The summed E-state index contributed by atoms with van der Waals surface area (Å²) in [5, 5.41) is 13.4. The molecule has 3 nitrogen and oxygen atoms in total. The monoisotopic (exact) mass is 277 g/mol. The van der Waals surface area contributed by atoms with Crippen LogP contribution in [0.3, 0.4) is 0 Å². The second-order valence-electron chi connectivity index (χ2n) is 4.47. The Labute approximate surface area is 109 Å². The van der Waals surface area contributed by atoms with E-state index >= 15 is 0 Å². The van der Waals surface area contributed by atoms with E-state index in [4.69, 9.17) is 11.6 Å². The van der Waals surface area contributed by atoms with Crippen molar-refractivity contribution in [2.75, 3.05) is 13.1 Å². The van der Waals surface area contributed by atoms with Crippen molar-refractivity contribution in [2.45, 2.75) is 25.1 Å². The summed E-state index contributed by atoms with van der Waals surface area (Å²) < 4.78 is 28.4. The number of alkyl halides is 2. The van der Waals surface area contributed by atoms with Crippen molar-refractivity contribution < 1.29 is 18.6 Å². The lowest BCUT2D eigenvalue weighted by Gasteiger charge is -2.21. The van der Waals surface area contributed by atoms with E-state index in [1.807, 2.05) is 0 Å². The van der Waals surface area contributed by atoms with Crippen molar-refractivity contribution in [2.24, 2.45) is 0 Å². The molecule has 100 valence electrons. The maximum absolute atomic E-state index is 12.1. The predicted molar refractivity (Wildman–Crippen MR) is 64.2 cm³/mol. The second-order valence-corrected chi connectivity index (χ2v) is 4.88. The first-order chi connectivity index (χ1) is 8.48. The number of hydrogen-bond acceptors (Lipinski definition) is 3. The molecule has 1 heterocycles. The van der Waals surface area contributed by atoms with Crippen molar-refractivity contribution >= 4 is 11.6 Å². The van der Waals surface area contributed by atoms with E-state index < -0.39 is 12.2 Å². The van der Waals surface area contributed by atoms with Crippen LogP contribution in [0.25, 0.3) is 0 Å². The highest BCUT2D eigenvalue weighted by atomic mass is 35.5. The molecule has 6 heteroatoms. The Morgan fingerprint density at radius 3 is 2.83 bits per heavy atom. The Bertz CT molecular complexity index is 423. The molecular weight excluding hydrogens is 264 g/mol. The molecule has 1 saturated heterocycles. The third kappa shape index (κ3) is 3.31. The Morgan fingerprint density at radius 1 is 1.50 bits per heavy atom. The molecule has 1 aromatic rings. The van der Waals surface area contributed by atoms with Gasteiger partial charge in [0.15, 0.2) is 0 Å². The molecule has 1 fully saturated rings. The standard InChI is InChI=1S/C12H14ClF2NO2/c13-9-5-8(1-2-10(9)18-11(14)15)6-12(17)3-4-16-7-12/h1-2,5,11,16-17H,3-4,6-7H2. The van der Waals surface area contributed by atoms with Gasteiger partial charge in [0.05, 0.1) is 10.6 Å². The van der Waals surface area contributed by atoms with Crippen molar-refractivity contribution in [1.82, 2.24) is 5.32 Å². The number of nitrogens with one attached hydrogen (secondary N) is 1. The molecule has 0 saturated carbocycles. The molecule has 1 aliphatic rings. The van der Waals surface area contributed by atoms with Crippen LogP contribution in [0.5, 0.6) is 5.75 Å². The topological polar surface area (TPSA) is 41.5 Å². The van der Waals surface area contributed by atoms with Gasteiger partial charge in [-0.05, 0) is 30.7 Å². The lowest BCUT2D eigenvalue weighted by Crippen LogP contribution is -2.33. The molecule has 0 aliphatic carbocycles. The van der Waals surface area contributed by atoms with Gasteiger partial charge >= 0.3 is 6.61 Å². The van der Waals surface area contributed by atoms with Crippen LogP contribution < -0.4 is 10.1 Å². The molecule has 1 unspecified atom stereocenters. The first-order valence-electron chi connectivity index (χ1n) is 5.65. The normalized spacial score (nSPS) is 23.6. The van der Waals surface area contributed by atoms with Crippen LogP contribution in [0.1, 0.15) is 12.0 Å². The summed E-state index contributed by atoms with van der Waals surface area (Å²) in [6.45, 7) is -1.59. The SMILES string of the molecule is OC1(Cc2ccc(OC(F)F)c(Cl)c2)CCNC1. The molecule has 0 amide bonds. The molecular formula is C12H14ClF2NO2. The van der Waals surface area contributed by atoms with Gasteiger partial charge in [0.2, 0.25) is 0 Å². The van der Waals surface area contributed by atoms with Gasteiger partial charge in [0, 0.05) is 13.0 Å². The summed E-state index contributed by atoms with van der Waals surface area (Å²) in [5.41, 5.74) is 0.0156. The van der Waals surface area contributed by atoms with Crippen molar-refractivity contribution in [3.8, 4) is 5.75 Å². The number of halogens is 3. The van der Waals surface area contributed by atoms with E-state index in [0.29, 0.717) is 19.4 Å². The third-order valence-electron chi connectivity index (χ3n) is 2.97. The van der Waals surface area contributed by atoms with Gasteiger partial charge in [-0.15, -0.1) is 0 Å². The lowest BCUT2D eigenvalue weighted by atomic mass is 9.94. The van der Waals surface area contributed by atoms with E-state index in [0.717, 1.165) is 12.1 Å². The van der Waals surface area contributed by atoms with Gasteiger partial charge in [0.1, 0.15) is 5.75 Å². The third-order valence-corrected chi connectivity index (χ3v) is 3.26. The van der Waals surface area contributed by atoms with E-state index in [1.165, 1.54) is 6.07 Å². The smallest absolute Gasteiger partial charge is 0.387 e. The zero-order valence-corrected chi connectivity index (χ0v) is 10.4. The first-order valence-corrected chi connectivity index (χ1v) is 6.03. The Hall–Kier alpha value is -0.910. The van der Waals surface area contributed by atoms with Gasteiger partial charge in [-0.25, -0.2) is 0 Å². The van der Waals surface area contributed by atoms with Crippen LogP contribution in [0, 0.1) is 0 Å². The van der Waals surface area contributed by atoms with Crippen LogP contribution in [-0.2, 0) is 6.42 Å². The van der Waals surface area contributed by atoms with E-state index in [2.05, 4.69) is 10.1 Å². The van der Waals surface area contributed by atoms with Gasteiger partial charge < -0.3 is 15.2 Å². The zero-order chi connectivity index (χ0) is 13.2. The molecule has 1 aromatic carbocycles. The lowest BCUT2D eigenvalue weighted by molar-refractivity contribution is -0.0498. The largest absolute Gasteiger partial charge is 0.433 e. The predicted octanol–water partition coefficient (Wildman–Crippen LogP) is 2.21. The summed E-state index contributed by atoms with van der Waals surface area (Å²) in [4.78, 5) is 0. The van der Waals surface area contributed by atoms with E-state index in [-0.39, 0.29) is 10.8 Å². The van der Waals surface area contributed by atoms with E-state index in [1.54, 1.807) is 12.1 Å². The Morgan fingerprint density at radius 2 is 2.28 bits per heavy atom. The van der Waals surface area contributed by atoms with Crippen molar-refractivity contribution in [3.05, 3.63) is 28.8 Å². The molecule has 2 N–H and O–H groups in total. The number of ether oxygens (including phenoxy) is 1. The van der Waals surface area contributed by atoms with Crippen LogP contribution in [0.4, 0.5) is 8.78 Å². The Balaban J connectivity index is 2.08. The average Bonchev–Trinajstić information content (AvgIpc) is 2.68. The number of benzene rings is 1. The minimum atomic E-state index is -2.89. The van der Waals surface area contributed by atoms with Gasteiger partial charge in [0.25, 0.3) is 0 Å². The summed E-state index contributed by atoms with van der Waals surface area (Å²) in [5.74, 6) is -0.0491. The average molecular weight is 278 g/mol. The van der Waals surface area contributed by atoms with Crippen LogP contribution in [0.15, 0.2) is 18.2 Å². The molecule has 0 bridgehead atoms. The number of rotatable bonds is 4. The molecule has 18 heavy (non-hydrogen) atoms. The minimum Gasteiger partial charge on any atom is -0.433 e. The highest BCUT2D eigenvalue weighted by Gasteiger charge is 2.31. The van der Waals surface area contributed by atoms with Crippen LogP contribution in [-0.4, -0.2) is 30.4 Å². The molecule has 0 aromatic heterocycles. The van der Waals surface area contributed by atoms with Crippen LogP contribution >= 0.6 is 11.6 Å². The molecule has 1 atom stereocenters. The molecule has 2 rings (SSSR count). The fourth-order valence-corrected chi connectivity index (χ4v) is 2.35. The first kappa shape index (κ1) is 13.5. The Kier molecular flexibility index (Phi) is 4.04. The fourth-order valence-electron chi connectivity index (χ4n) is 2.11. The fraction of sp³-hybridized carbons (Fsp3) is 0.500.